The van der Waals surface area contributed by atoms with Crippen LogP contribution in [0.5, 0.6) is 0 Å². The summed E-state index contributed by atoms with van der Waals surface area (Å²) in [6.45, 7) is 9.56. The minimum atomic E-state index is -0.159. The zero-order valence-corrected chi connectivity index (χ0v) is 28.0. The number of rotatable bonds is 1. The molecule has 0 unspecified atom stereocenters. The van der Waals surface area contributed by atoms with Crippen molar-refractivity contribution >= 4 is 76.1 Å². The van der Waals surface area contributed by atoms with Crippen LogP contribution in [-0.4, -0.2) is 0 Å². The third-order valence-corrected chi connectivity index (χ3v) is 12.0. The summed E-state index contributed by atoms with van der Waals surface area (Å²) >= 11 is 3.83. The Bertz CT molecular complexity index is 2590. The molecule has 1 nitrogen and oxygen atoms in total. The maximum atomic E-state index is 3.83. The van der Waals surface area contributed by atoms with Crippen LogP contribution in [0.4, 0.5) is 17.1 Å². The van der Waals surface area contributed by atoms with E-state index in [-0.39, 0.29) is 10.8 Å². The van der Waals surface area contributed by atoms with Crippen LogP contribution < -0.4 is 4.90 Å². The van der Waals surface area contributed by atoms with Gasteiger partial charge in [0.2, 0.25) is 0 Å². The minimum absolute atomic E-state index is 0.0790. The van der Waals surface area contributed by atoms with Crippen molar-refractivity contribution in [2.75, 3.05) is 4.90 Å². The molecule has 0 radical (unpaired) electrons. The molecule has 2 heteroatoms. The summed E-state index contributed by atoms with van der Waals surface area (Å²) in [7, 11) is 0. The molecular formula is C44H32BrN. The molecule has 0 fully saturated rings. The Morgan fingerprint density at radius 3 is 1.78 bits per heavy atom. The van der Waals surface area contributed by atoms with E-state index < -0.39 is 0 Å². The van der Waals surface area contributed by atoms with Crippen molar-refractivity contribution < 1.29 is 0 Å². The first-order chi connectivity index (χ1) is 22.3. The van der Waals surface area contributed by atoms with Gasteiger partial charge in [-0.05, 0) is 101 Å². The van der Waals surface area contributed by atoms with Crippen molar-refractivity contribution in [2.24, 2.45) is 0 Å². The number of nitrogens with zero attached hydrogens (tertiary/aromatic N) is 1. The highest BCUT2D eigenvalue weighted by atomic mass is 79.9. The Kier molecular flexibility index (Phi) is 5.07. The molecule has 0 amide bonds. The number of anilines is 3. The van der Waals surface area contributed by atoms with E-state index in [0.29, 0.717) is 0 Å². The molecule has 0 spiro atoms. The predicted molar refractivity (Wildman–Crippen MR) is 200 cm³/mol. The van der Waals surface area contributed by atoms with Crippen LogP contribution in [0.1, 0.15) is 49.9 Å². The Balaban J connectivity index is 1.33. The molecule has 0 aromatic heterocycles. The van der Waals surface area contributed by atoms with Gasteiger partial charge in [-0.3, -0.25) is 0 Å². The van der Waals surface area contributed by atoms with Gasteiger partial charge >= 0.3 is 0 Å². The molecule has 2 aliphatic rings. The first-order valence-corrected chi connectivity index (χ1v) is 17.0. The molecule has 10 rings (SSSR count). The van der Waals surface area contributed by atoms with E-state index >= 15 is 0 Å². The molecule has 46 heavy (non-hydrogen) atoms. The fourth-order valence-electron chi connectivity index (χ4n) is 9.01. The fraction of sp³-hybridized carbons (Fsp3) is 0.136. The molecule has 0 atom stereocenters. The van der Waals surface area contributed by atoms with Gasteiger partial charge in [-0.2, -0.15) is 0 Å². The SMILES string of the molecule is CC1(C)c2ccccc2-c2cc3c(cc21)N(c1ccc2c4cccc5c(Br)ccc(c6cccc1c62)c54)c1ccccc1C3(C)C. The summed E-state index contributed by atoms with van der Waals surface area (Å²) in [5.41, 5.74) is 11.8. The summed E-state index contributed by atoms with van der Waals surface area (Å²) in [6.07, 6.45) is 0. The maximum Gasteiger partial charge on any atom is 0.0540 e. The van der Waals surface area contributed by atoms with E-state index in [2.05, 4.69) is 170 Å². The molecule has 0 N–H and O–H groups in total. The Morgan fingerprint density at radius 2 is 1.00 bits per heavy atom. The highest BCUT2D eigenvalue weighted by Gasteiger charge is 2.42. The monoisotopic (exact) mass is 653 g/mol. The normalized spacial score (nSPS) is 15.8. The smallest absolute Gasteiger partial charge is 0.0540 e. The molecule has 1 aliphatic heterocycles. The second-order valence-corrected chi connectivity index (χ2v) is 15.1. The zero-order chi connectivity index (χ0) is 31.1. The number of para-hydroxylation sites is 1. The van der Waals surface area contributed by atoms with E-state index in [4.69, 9.17) is 0 Å². The quantitative estimate of drug-likeness (QED) is 0.126. The highest BCUT2D eigenvalue weighted by molar-refractivity contribution is 9.10. The van der Waals surface area contributed by atoms with Gasteiger partial charge in [-0.15, -0.1) is 0 Å². The van der Waals surface area contributed by atoms with Crippen molar-refractivity contribution in [1.82, 2.24) is 0 Å². The molecule has 8 aromatic carbocycles. The largest absolute Gasteiger partial charge is 0.309 e. The molecule has 1 heterocycles. The number of benzene rings is 8. The van der Waals surface area contributed by atoms with Crippen molar-refractivity contribution in [2.45, 2.75) is 38.5 Å². The topological polar surface area (TPSA) is 3.24 Å². The zero-order valence-electron chi connectivity index (χ0n) is 26.4. The van der Waals surface area contributed by atoms with Gasteiger partial charge in [0.05, 0.1) is 17.1 Å². The molecule has 220 valence electrons. The predicted octanol–water partition coefficient (Wildman–Crippen LogP) is 12.9. The van der Waals surface area contributed by atoms with E-state index in [1.54, 1.807) is 0 Å². The lowest BCUT2D eigenvalue weighted by atomic mass is 9.71. The molecule has 0 bridgehead atoms. The van der Waals surface area contributed by atoms with Gasteiger partial charge in [0.25, 0.3) is 0 Å². The molecule has 1 aliphatic carbocycles. The lowest BCUT2D eigenvalue weighted by Gasteiger charge is -2.43. The second-order valence-electron chi connectivity index (χ2n) is 14.2. The van der Waals surface area contributed by atoms with Crippen LogP contribution in [0.25, 0.3) is 54.2 Å². The van der Waals surface area contributed by atoms with Gasteiger partial charge < -0.3 is 4.90 Å². The van der Waals surface area contributed by atoms with Gasteiger partial charge in [-0.1, -0.05) is 135 Å². The number of hydrogen-bond acceptors (Lipinski definition) is 1. The highest BCUT2D eigenvalue weighted by Crippen LogP contribution is 2.58. The Labute approximate surface area is 277 Å². The van der Waals surface area contributed by atoms with Crippen LogP contribution in [0, 0.1) is 0 Å². The van der Waals surface area contributed by atoms with E-state index in [1.165, 1.54) is 93.5 Å². The lowest BCUT2D eigenvalue weighted by Crippen LogP contribution is -2.31. The van der Waals surface area contributed by atoms with Gasteiger partial charge in [-0.25, -0.2) is 0 Å². The standard InChI is InChI=1S/C44H32BrN/c1-43(2)33-16-6-5-11-25(33)32-23-36-40(24-35(32)43)46(39-18-8-7-17-34(39)44(36,3)4)38-22-20-29-26-12-9-14-30-37(45)21-19-28(41(26)30)27-13-10-15-31(38)42(27)29/h5-24H,1-4H3. The average Bonchev–Trinajstić information content (AvgIpc) is 3.30. The summed E-state index contributed by atoms with van der Waals surface area (Å²) in [5.74, 6) is 0. The molecular weight excluding hydrogens is 622 g/mol. The first-order valence-electron chi connectivity index (χ1n) is 16.2. The average molecular weight is 655 g/mol. The first kappa shape index (κ1) is 26.5. The molecule has 8 aromatic rings. The Morgan fingerprint density at radius 1 is 0.413 bits per heavy atom. The van der Waals surface area contributed by atoms with Crippen LogP contribution in [-0.2, 0) is 10.8 Å². The van der Waals surface area contributed by atoms with Crippen LogP contribution >= 0.6 is 15.9 Å². The van der Waals surface area contributed by atoms with E-state index in [9.17, 15) is 0 Å². The number of hydrogen-bond donors (Lipinski definition) is 0. The third kappa shape index (κ3) is 3.16. The molecule has 0 saturated carbocycles. The third-order valence-electron chi connectivity index (χ3n) is 11.3. The number of fused-ring (bicyclic) bond motifs is 7. The number of halogens is 1. The van der Waals surface area contributed by atoms with Crippen LogP contribution in [0.3, 0.4) is 0 Å². The minimum Gasteiger partial charge on any atom is -0.309 e. The fourth-order valence-corrected chi connectivity index (χ4v) is 9.47. The van der Waals surface area contributed by atoms with Gasteiger partial charge in [0, 0.05) is 20.7 Å². The van der Waals surface area contributed by atoms with Crippen molar-refractivity contribution in [3.8, 4) is 11.1 Å². The van der Waals surface area contributed by atoms with Gasteiger partial charge in [0.1, 0.15) is 0 Å². The summed E-state index contributed by atoms with van der Waals surface area (Å²) in [5, 5.41) is 10.4. The van der Waals surface area contributed by atoms with Crippen LogP contribution in [0.2, 0.25) is 0 Å². The molecule has 0 saturated heterocycles. The van der Waals surface area contributed by atoms with E-state index in [1.807, 2.05) is 0 Å². The summed E-state index contributed by atoms with van der Waals surface area (Å²) in [4.78, 5) is 2.57. The summed E-state index contributed by atoms with van der Waals surface area (Å²) < 4.78 is 1.14. The van der Waals surface area contributed by atoms with Crippen molar-refractivity contribution in [3.05, 3.63) is 148 Å². The lowest BCUT2D eigenvalue weighted by molar-refractivity contribution is 0.627. The second kappa shape index (κ2) is 8.78. The van der Waals surface area contributed by atoms with Gasteiger partial charge in [0.15, 0.2) is 0 Å². The maximum absolute atomic E-state index is 3.83. The summed E-state index contributed by atoms with van der Waals surface area (Å²) in [6, 6.07) is 45.9. The Hall–Kier alpha value is -4.66. The van der Waals surface area contributed by atoms with Crippen molar-refractivity contribution in [3.63, 3.8) is 0 Å². The van der Waals surface area contributed by atoms with Crippen LogP contribution in [0.15, 0.2) is 126 Å². The van der Waals surface area contributed by atoms with E-state index in [0.717, 1.165) is 4.47 Å². The van der Waals surface area contributed by atoms with Crippen molar-refractivity contribution in [1.29, 1.82) is 0 Å².